The maximum atomic E-state index is 14.9. The minimum Gasteiger partial charge on any atom is -0.377 e. The number of ether oxygens (including phenoxy) is 1. The summed E-state index contributed by atoms with van der Waals surface area (Å²) < 4.78 is 20.1. The van der Waals surface area contributed by atoms with Crippen LogP contribution in [-0.4, -0.2) is 73.1 Å². The Bertz CT molecular complexity index is 897. The number of carbonyl (C=O) groups is 4. The Kier molecular flexibility index (Phi) is 5.63. The second kappa shape index (κ2) is 8.21. The van der Waals surface area contributed by atoms with Gasteiger partial charge in [0.15, 0.2) is 5.67 Å². The minimum absolute atomic E-state index is 0.0165. The minimum atomic E-state index is -1.58. The number of rotatable bonds is 5. The molecule has 1 aromatic rings. The lowest BCUT2D eigenvalue weighted by molar-refractivity contribution is -0.136. The number of benzene rings is 1. The molecule has 0 radical (unpaired) electrons. The molecule has 2 fully saturated rings. The monoisotopic (exact) mass is 418 g/mol. The highest BCUT2D eigenvalue weighted by molar-refractivity contribution is 6.24. The number of amides is 4. The first-order chi connectivity index (χ1) is 14.4. The normalized spacial score (nSPS) is 27.1. The van der Waals surface area contributed by atoms with Crippen molar-refractivity contribution in [1.29, 1.82) is 0 Å². The standard InChI is InChI=1S/C20H23FN4O5/c21-20(9-22-6-7-30-11-20)10-23-8-12-2-1-3-13-16(12)19(29)25(18(13)28)14-4-5-15(26)24-17(14)27/h1-3,14,22-23H,4-11H2,(H,24,26,27). The quantitative estimate of drug-likeness (QED) is 0.552. The summed E-state index contributed by atoms with van der Waals surface area (Å²) in [6.45, 7) is 1.36. The van der Waals surface area contributed by atoms with Crippen LogP contribution in [0.3, 0.4) is 0 Å². The summed E-state index contributed by atoms with van der Waals surface area (Å²) in [4.78, 5) is 50.4. The van der Waals surface area contributed by atoms with Crippen molar-refractivity contribution in [3.63, 3.8) is 0 Å². The number of alkyl halides is 1. The van der Waals surface area contributed by atoms with Crippen LogP contribution in [-0.2, 0) is 20.9 Å². The van der Waals surface area contributed by atoms with E-state index in [4.69, 9.17) is 4.74 Å². The van der Waals surface area contributed by atoms with Crippen LogP contribution in [0.5, 0.6) is 0 Å². The summed E-state index contributed by atoms with van der Waals surface area (Å²) in [5, 5.41) is 8.17. The molecular weight excluding hydrogens is 395 g/mol. The first kappa shape index (κ1) is 20.6. The molecule has 4 amide bonds. The summed E-state index contributed by atoms with van der Waals surface area (Å²) in [6, 6.07) is 3.86. The lowest BCUT2D eigenvalue weighted by atomic mass is 10.0. The van der Waals surface area contributed by atoms with Crippen molar-refractivity contribution in [3.05, 3.63) is 34.9 Å². The molecule has 3 heterocycles. The molecule has 2 atom stereocenters. The number of nitrogens with zero attached hydrogens (tertiary/aromatic N) is 1. The topological polar surface area (TPSA) is 117 Å². The number of imide groups is 2. The third kappa shape index (κ3) is 3.85. The van der Waals surface area contributed by atoms with E-state index in [0.29, 0.717) is 18.7 Å². The van der Waals surface area contributed by atoms with Crippen molar-refractivity contribution in [2.75, 3.05) is 32.8 Å². The molecule has 30 heavy (non-hydrogen) atoms. The number of fused-ring (bicyclic) bond motifs is 1. The lowest BCUT2D eigenvalue weighted by Crippen LogP contribution is -2.54. The van der Waals surface area contributed by atoms with Gasteiger partial charge in [0, 0.05) is 32.6 Å². The Morgan fingerprint density at radius 1 is 1.23 bits per heavy atom. The Labute approximate surface area is 172 Å². The molecule has 1 aromatic carbocycles. The van der Waals surface area contributed by atoms with Crippen LogP contribution in [0, 0.1) is 0 Å². The average Bonchev–Trinajstić information content (AvgIpc) is 2.84. The van der Waals surface area contributed by atoms with Gasteiger partial charge < -0.3 is 15.4 Å². The van der Waals surface area contributed by atoms with E-state index in [9.17, 15) is 23.6 Å². The molecule has 0 saturated carbocycles. The van der Waals surface area contributed by atoms with Gasteiger partial charge in [0.1, 0.15) is 6.04 Å². The van der Waals surface area contributed by atoms with E-state index in [1.807, 2.05) is 0 Å². The first-order valence-corrected chi connectivity index (χ1v) is 9.91. The maximum absolute atomic E-state index is 14.9. The highest BCUT2D eigenvalue weighted by atomic mass is 19.1. The zero-order valence-electron chi connectivity index (χ0n) is 16.3. The number of carbonyl (C=O) groups excluding carboxylic acids is 4. The van der Waals surface area contributed by atoms with Crippen LogP contribution in [0.25, 0.3) is 0 Å². The van der Waals surface area contributed by atoms with Gasteiger partial charge in [-0.3, -0.25) is 29.4 Å². The second-order valence-corrected chi connectivity index (χ2v) is 7.77. The molecule has 160 valence electrons. The van der Waals surface area contributed by atoms with Crippen LogP contribution in [0.1, 0.15) is 39.1 Å². The van der Waals surface area contributed by atoms with Crippen LogP contribution >= 0.6 is 0 Å². The summed E-state index contributed by atoms with van der Waals surface area (Å²) in [5.41, 5.74) is -0.611. The van der Waals surface area contributed by atoms with E-state index >= 15 is 0 Å². The molecule has 9 nitrogen and oxygen atoms in total. The Morgan fingerprint density at radius 3 is 2.87 bits per heavy atom. The van der Waals surface area contributed by atoms with Crippen LogP contribution < -0.4 is 16.0 Å². The molecule has 0 aliphatic carbocycles. The fourth-order valence-electron chi connectivity index (χ4n) is 4.03. The van der Waals surface area contributed by atoms with Crippen molar-refractivity contribution >= 4 is 23.6 Å². The van der Waals surface area contributed by atoms with Gasteiger partial charge in [-0.2, -0.15) is 0 Å². The Hall–Kier alpha value is -2.69. The van der Waals surface area contributed by atoms with Crippen LogP contribution in [0.15, 0.2) is 18.2 Å². The molecule has 4 rings (SSSR count). The van der Waals surface area contributed by atoms with Crippen molar-refractivity contribution in [1.82, 2.24) is 20.9 Å². The van der Waals surface area contributed by atoms with Gasteiger partial charge >= 0.3 is 0 Å². The van der Waals surface area contributed by atoms with Crippen LogP contribution in [0.2, 0.25) is 0 Å². The van der Waals surface area contributed by atoms with Crippen LogP contribution in [0.4, 0.5) is 4.39 Å². The third-order valence-electron chi connectivity index (χ3n) is 5.54. The lowest BCUT2D eigenvalue weighted by Gasteiger charge is -2.27. The van der Waals surface area contributed by atoms with Gasteiger partial charge in [0.2, 0.25) is 11.8 Å². The van der Waals surface area contributed by atoms with Crippen molar-refractivity contribution in [2.45, 2.75) is 31.1 Å². The van der Waals surface area contributed by atoms with Gasteiger partial charge in [-0.15, -0.1) is 0 Å². The number of hydrogen-bond donors (Lipinski definition) is 3. The van der Waals surface area contributed by atoms with E-state index in [1.54, 1.807) is 12.1 Å². The first-order valence-electron chi connectivity index (χ1n) is 9.91. The SMILES string of the molecule is O=C1CCC(N2C(=O)c3cccc(CNCC4(F)CNCCOC4)c3C2=O)C(=O)N1. The largest absolute Gasteiger partial charge is 0.377 e. The summed E-state index contributed by atoms with van der Waals surface area (Å²) in [7, 11) is 0. The van der Waals surface area contributed by atoms with Gasteiger partial charge in [-0.1, -0.05) is 12.1 Å². The fourth-order valence-corrected chi connectivity index (χ4v) is 4.03. The van der Waals surface area contributed by atoms with Crippen molar-refractivity contribution in [2.24, 2.45) is 0 Å². The van der Waals surface area contributed by atoms with E-state index < -0.39 is 35.3 Å². The molecular formula is C20H23FN4O5. The molecule has 0 spiro atoms. The van der Waals surface area contributed by atoms with E-state index in [2.05, 4.69) is 16.0 Å². The number of nitrogens with one attached hydrogen (secondary N) is 3. The third-order valence-corrected chi connectivity index (χ3v) is 5.54. The molecule has 3 N–H and O–H groups in total. The number of piperidine rings is 1. The molecule has 2 unspecified atom stereocenters. The number of hydrogen-bond acceptors (Lipinski definition) is 7. The predicted molar refractivity (Wildman–Crippen MR) is 102 cm³/mol. The van der Waals surface area contributed by atoms with E-state index in [-0.39, 0.29) is 50.2 Å². The molecule has 3 aliphatic rings. The molecule has 3 aliphatic heterocycles. The number of halogens is 1. The van der Waals surface area contributed by atoms with Gasteiger partial charge in [0.05, 0.1) is 24.3 Å². The Balaban J connectivity index is 1.49. The predicted octanol–water partition coefficient (Wildman–Crippen LogP) is -0.494. The molecule has 0 aromatic heterocycles. The van der Waals surface area contributed by atoms with Gasteiger partial charge in [-0.05, 0) is 18.1 Å². The molecule has 2 saturated heterocycles. The van der Waals surface area contributed by atoms with Gasteiger partial charge in [0.25, 0.3) is 11.8 Å². The summed E-state index contributed by atoms with van der Waals surface area (Å²) in [5.74, 6) is -2.21. The second-order valence-electron chi connectivity index (χ2n) is 7.77. The van der Waals surface area contributed by atoms with Crippen molar-refractivity contribution < 1.29 is 28.3 Å². The van der Waals surface area contributed by atoms with Crippen molar-refractivity contribution in [3.8, 4) is 0 Å². The smallest absolute Gasteiger partial charge is 0.262 e. The van der Waals surface area contributed by atoms with E-state index in [0.717, 1.165) is 4.90 Å². The summed E-state index contributed by atoms with van der Waals surface area (Å²) >= 11 is 0. The van der Waals surface area contributed by atoms with E-state index in [1.165, 1.54) is 6.07 Å². The molecule has 10 heteroatoms. The fraction of sp³-hybridized carbons (Fsp3) is 0.500. The average molecular weight is 418 g/mol. The zero-order chi connectivity index (χ0) is 21.3. The van der Waals surface area contributed by atoms with Gasteiger partial charge in [-0.25, -0.2) is 4.39 Å². The maximum Gasteiger partial charge on any atom is 0.262 e. The highest BCUT2D eigenvalue weighted by Gasteiger charge is 2.45. The molecule has 0 bridgehead atoms. The Morgan fingerprint density at radius 2 is 2.07 bits per heavy atom. The highest BCUT2D eigenvalue weighted by Crippen LogP contribution is 2.30. The summed E-state index contributed by atoms with van der Waals surface area (Å²) in [6.07, 6.45) is 0.161. The zero-order valence-corrected chi connectivity index (χ0v) is 16.3.